The Morgan fingerprint density at radius 3 is 2.42 bits per heavy atom. The first-order valence-electron chi connectivity index (χ1n) is 16.1. The van der Waals surface area contributed by atoms with Gasteiger partial charge in [0.2, 0.25) is 0 Å². The molecule has 7 atom stereocenters. The molecule has 38 heavy (non-hydrogen) atoms. The summed E-state index contributed by atoms with van der Waals surface area (Å²) in [6.07, 6.45) is 16.7. The summed E-state index contributed by atoms with van der Waals surface area (Å²) in [6.45, 7) is 15.7. The van der Waals surface area contributed by atoms with E-state index in [0.29, 0.717) is 30.1 Å². The number of fused-ring (bicyclic) bond motifs is 5. The summed E-state index contributed by atoms with van der Waals surface area (Å²) in [4.78, 5) is 27.4. The third kappa shape index (κ3) is 6.18. The number of nitrogens with one attached hydrogen (secondary N) is 1. The van der Waals surface area contributed by atoms with E-state index < -0.39 is 0 Å². The summed E-state index contributed by atoms with van der Waals surface area (Å²) in [5.41, 5.74) is 1.92. The number of carbonyl (C=O) groups is 2. The van der Waals surface area contributed by atoms with Crippen LogP contribution in [0.15, 0.2) is 11.6 Å². The Balaban J connectivity index is 1.27. The first kappa shape index (κ1) is 29.6. The minimum Gasteiger partial charge on any atom is -0.446 e. The van der Waals surface area contributed by atoms with E-state index in [1.807, 2.05) is 6.08 Å². The standard InChI is InChI=1S/C33H56N2O3/c1-6-8-20-35(21-9-7-2)22-10-19-34-31(37)38-24(3)28-13-14-29-27-12-11-25-23-26(36)15-17-32(25,4)30(27)16-18-33(28,29)5/h23-24,27-30H,6-22H2,1-5H3,(H,34,37)/t24?,27-,28+,29-,30-,32-,33+/m0/s1. The van der Waals surface area contributed by atoms with E-state index in [9.17, 15) is 9.59 Å². The maximum absolute atomic E-state index is 12.7. The molecule has 1 unspecified atom stereocenters. The topological polar surface area (TPSA) is 58.6 Å². The molecule has 0 aromatic carbocycles. The zero-order chi connectivity index (χ0) is 27.3. The Labute approximate surface area is 232 Å². The number of nitrogens with zero attached hydrogens (tertiary/aromatic N) is 1. The maximum Gasteiger partial charge on any atom is 0.407 e. The molecule has 216 valence electrons. The minimum atomic E-state index is -0.237. The molecule has 3 fully saturated rings. The van der Waals surface area contributed by atoms with Crippen LogP contribution in [-0.4, -0.2) is 49.1 Å². The van der Waals surface area contributed by atoms with Crippen LogP contribution < -0.4 is 5.32 Å². The number of hydrogen-bond acceptors (Lipinski definition) is 4. The first-order chi connectivity index (χ1) is 18.2. The van der Waals surface area contributed by atoms with Crippen molar-refractivity contribution in [3.05, 3.63) is 11.6 Å². The fraction of sp³-hybridized carbons (Fsp3) is 0.879. The van der Waals surface area contributed by atoms with E-state index in [4.69, 9.17) is 4.74 Å². The van der Waals surface area contributed by atoms with Gasteiger partial charge < -0.3 is 15.0 Å². The van der Waals surface area contributed by atoms with Crippen LogP contribution in [0.4, 0.5) is 4.79 Å². The van der Waals surface area contributed by atoms with Crippen LogP contribution in [-0.2, 0) is 9.53 Å². The number of ketones is 1. The number of ether oxygens (including phenoxy) is 1. The number of amides is 1. The molecule has 3 saturated carbocycles. The highest BCUT2D eigenvalue weighted by molar-refractivity contribution is 5.91. The lowest BCUT2D eigenvalue weighted by atomic mass is 9.46. The van der Waals surface area contributed by atoms with Crippen LogP contribution in [0, 0.1) is 34.5 Å². The van der Waals surface area contributed by atoms with Gasteiger partial charge in [-0.2, -0.15) is 0 Å². The monoisotopic (exact) mass is 528 g/mol. The highest BCUT2D eigenvalue weighted by Gasteiger charge is 2.60. The molecular formula is C33H56N2O3. The fourth-order valence-electron chi connectivity index (χ4n) is 9.26. The molecule has 4 aliphatic rings. The van der Waals surface area contributed by atoms with Crippen LogP contribution in [0.25, 0.3) is 0 Å². The van der Waals surface area contributed by atoms with E-state index in [1.165, 1.54) is 63.4 Å². The van der Waals surface area contributed by atoms with Crippen molar-refractivity contribution in [1.29, 1.82) is 0 Å². The van der Waals surface area contributed by atoms with Gasteiger partial charge in [0.15, 0.2) is 5.78 Å². The summed E-state index contributed by atoms with van der Waals surface area (Å²) in [5.74, 6) is 2.95. The normalized spacial score (nSPS) is 35.2. The largest absolute Gasteiger partial charge is 0.446 e. The van der Waals surface area contributed by atoms with Gasteiger partial charge in [-0.15, -0.1) is 0 Å². The Bertz CT molecular complexity index is 847. The molecule has 0 bridgehead atoms. The van der Waals surface area contributed by atoms with Crippen LogP contribution >= 0.6 is 0 Å². The fourth-order valence-corrected chi connectivity index (χ4v) is 9.26. The van der Waals surface area contributed by atoms with E-state index in [2.05, 4.69) is 44.8 Å². The van der Waals surface area contributed by atoms with Crippen LogP contribution in [0.3, 0.4) is 0 Å². The molecule has 4 aliphatic carbocycles. The number of rotatable bonds is 12. The highest BCUT2D eigenvalue weighted by Crippen LogP contribution is 2.67. The Hall–Kier alpha value is -1.36. The molecule has 0 aromatic heterocycles. The molecule has 0 spiro atoms. The van der Waals surface area contributed by atoms with Gasteiger partial charge >= 0.3 is 6.09 Å². The third-order valence-corrected chi connectivity index (χ3v) is 11.5. The van der Waals surface area contributed by atoms with Gasteiger partial charge in [0.05, 0.1) is 0 Å². The summed E-state index contributed by atoms with van der Waals surface area (Å²) < 4.78 is 6.03. The molecule has 5 nitrogen and oxygen atoms in total. The summed E-state index contributed by atoms with van der Waals surface area (Å²) in [5, 5.41) is 3.05. The van der Waals surface area contributed by atoms with Crippen molar-refractivity contribution in [1.82, 2.24) is 10.2 Å². The minimum absolute atomic E-state index is 0.0471. The number of alkyl carbamates (subject to hydrolysis) is 1. The van der Waals surface area contributed by atoms with Gasteiger partial charge in [-0.1, -0.05) is 46.1 Å². The van der Waals surface area contributed by atoms with Crippen molar-refractivity contribution in [2.75, 3.05) is 26.2 Å². The van der Waals surface area contributed by atoms with Gasteiger partial charge in [-0.05, 0) is 125 Å². The molecule has 1 N–H and O–H groups in total. The summed E-state index contributed by atoms with van der Waals surface area (Å²) >= 11 is 0. The van der Waals surface area contributed by atoms with Gasteiger partial charge in [0, 0.05) is 18.9 Å². The molecule has 0 saturated heterocycles. The second kappa shape index (κ2) is 12.9. The zero-order valence-corrected chi connectivity index (χ0v) is 25.2. The van der Waals surface area contributed by atoms with Crippen molar-refractivity contribution in [2.45, 2.75) is 124 Å². The van der Waals surface area contributed by atoms with Crippen molar-refractivity contribution in [3.63, 3.8) is 0 Å². The molecule has 4 rings (SSSR count). The molecule has 0 heterocycles. The Kier molecular flexibility index (Phi) is 10.0. The van der Waals surface area contributed by atoms with Gasteiger partial charge in [0.25, 0.3) is 0 Å². The maximum atomic E-state index is 12.7. The predicted octanol–water partition coefficient (Wildman–Crippen LogP) is 7.54. The molecular weight excluding hydrogens is 472 g/mol. The smallest absolute Gasteiger partial charge is 0.407 e. The van der Waals surface area contributed by atoms with E-state index in [1.54, 1.807) is 0 Å². The SMILES string of the molecule is CCCCN(CCCC)CCCNC(=O)OC(C)[C@H]1CC[C@H]2[C@@H]3CCC4=CC(=O)CC[C@]4(C)[C@H]3CC[C@]12C. The highest BCUT2D eigenvalue weighted by atomic mass is 16.6. The molecule has 0 aromatic rings. The van der Waals surface area contributed by atoms with Crippen LogP contribution in [0.1, 0.15) is 118 Å². The summed E-state index contributed by atoms with van der Waals surface area (Å²) in [7, 11) is 0. The van der Waals surface area contributed by atoms with Gasteiger partial charge in [-0.25, -0.2) is 4.79 Å². The molecule has 1 amide bonds. The van der Waals surface area contributed by atoms with Crippen LogP contribution in [0.5, 0.6) is 0 Å². The number of carbonyl (C=O) groups excluding carboxylic acids is 2. The summed E-state index contributed by atoms with van der Waals surface area (Å²) in [6, 6.07) is 0. The van der Waals surface area contributed by atoms with E-state index in [0.717, 1.165) is 51.2 Å². The second-order valence-electron chi connectivity index (χ2n) is 13.6. The average molecular weight is 529 g/mol. The first-order valence-corrected chi connectivity index (χ1v) is 16.1. The van der Waals surface area contributed by atoms with Crippen molar-refractivity contribution in [3.8, 4) is 0 Å². The zero-order valence-electron chi connectivity index (χ0n) is 25.2. The van der Waals surface area contributed by atoms with E-state index >= 15 is 0 Å². The lowest BCUT2D eigenvalue weighted by Gasteiger charge is -2.58. The molecule has 0 aliphatic heterocycles. The van der Waals surface area contributed by atoms with Crippen molar-refractivity contribution < 1.29 is 14.3 Å². The number of allylic oxidation sites excluding steroid dienone is 1. The second-order valence-corrected chi connectivity index (χ2v) is 13.6. The molecule has 0 radical (unpaired) electrons. The third-order valence-electron chi connectivity index (χ3n) is 11.5. The number of hydrogen-bond donors (Lipinski definition) is 1. The molecule has 5 heteroatoms. The lowest BCUT2D eigenvalue weighted by molar-refractivity contribution is -0.118. The van der Waals surface area contributed by atoms with Crippen LogP contribution in [0.2, 0.25) is 0 Å². The average Bonchev–Trinajstić information content (AvgIpc) is 3.25. The Morgan fingerprint density at radius 1 is 1.00 bits per heavy atom. The quantitative estimate of drug-likeness (QED) is 0.266. The lowest BCUT2D eigenvalue weighted by Crippen LogP contribution is -2.51. The Morgan fingerprint density at radius 2 is 1.71 bits per heavy atom. The van der Waals surface area contributed by atoms with Gasteiger partial charge in [0.1, 0.15) is 6.10 Å². The van der Waals surface area contributed by atoms with Crippen molar-refractivity contribution >= 4 is 11.9 Å². The van der Waals surface area contributed by atoms with Gasteiger partial charge in [-0.3, -0.25) is 4.79 Å². The van der Waals surface area contributed by atoms with Crippen molar-refractivity contribution in [2.24, 2.45) is 34.5 Å². The van der Waals surface area contributed by atoms with E-state index in [-0.39, 0.29) is 23.0 Å². The number of unbranched alkanes of at least 4 members (excludes halogenated alkanes) is 2. The predicted molar refractivity (Wildman–Crippen MR) is 155 cm³/mol.